The van der Waals surface area contributed by atoms with Crippen molar-refractivity contribution in [2.45, 2.75) is 0 Å². The zero-order valence-electron chi connectivity index (χ0n) is 13.2. The summed E-state index contributed by atoms with van der Waals surface area (Å²) >= 11 is 0. The van der Waals surface area contributed by atoms with E-state index in [0.29, 0.717) is 34.0 Å². The number of anilines is 2. The highest BCUT2D eigenvalue weighted by Crippen LogP contribution is 2.23. The van der Waals surface area contributed by atoms with Gasteiger partial charge in [0.25, 0.3) is 11.7 Å². The van der Waals surface area contributed by atoms with Gasteiger partial charge in [0.15, 0.2) is 0 Å². The first-order valence-electron chi connectivity index (χ1n) is 7.19. The normalized spacial score (nSPS) is 10.2. The Balaban J connectivity index is 1.89. The van der Waals surface area contributed by atoms with E-state index in [1.165, 1.54) is 0 Å². The maximum Gasteiger partial charge on any atom is 0.270 e. The van der Waals surface area contributed by atoms with Crippen LogP contribution >= 0.6 is 0 Å². The average Bonchev–Trinajstić information content (AvgIpc) is 2.53. The minimum Gasteiger partial charge on any atom is -0.488 e. The van der Waals surface area contributed by atoms with Crippen LogP contribution in [0, 0.1) is 0 Å². The smallest absolute Gasteiger partial charge is 0.270 e. The summed E-state index contributed by atoms with van der Waals surface area (Å²) in [5.41, 5.74) is 25.0. The maximum absolute atomic E-state index is 5.89. The van der Waals surface area contributed by atoms with Gasteiger partial charge in [0.2, 0.25) is 0 Å². The van der Waals surface area contributed by atoms with Gasteiger partial charge in [0.05, 0.1) is 22.5 Å². The van der Waals surface area contributed by atoms with E-state index in [1.54, 1.807) is 36.4 Å². The molecule has 0 amide bonds. The molecule has 12 N–H and O–H groups in total. The molecule has 0 fully saturated rings. The van der Waals surface area contributed by atoms with Crippen molar-refractivity contribution in [3.05, 3.63) is 47.5 Å². The van der Waals surface area contributed by atoms with Gasteiger partial charge in [0, 0.05) is 0 Å². The summed E-state index contributed by atoms with van der Waals surface area (Å²) in [5, 5.41) is 11.0. The Kier molecular flexibility index (Phi) is 5.10. The van der Waals surface area contributed by atoms with Gasteiger partial charge in [-0.2, -0.15) is 0 Å². The lowest BCUT2D eigenvalue weighted by Crippen LogP contribution is -2.46. The molecule has 0 unspecified atom stereocenters. The molecular weight excluding hydrogens is 308 g/mol. The van der Waals surface area contributed by atoms with E-state index in [4.69, 9.17) is 43.2 Å². The number of amidine groups is 2. The Morgan fingerprint density at radius 2 is 1.12 bits per heavy atom. The highest BCUT2D eigenvalue weighted by molar-refractivity contribution is 5.94. The molecule has 8 heteroatoms. The highest BCUT2D eigenvalue weighted by atomic mass is 16.5. The number of benzene rings is 2. The summed E-state index contributed by atoms with van der Waals surface area (Å²) in [4.78, 5) is 0. The topological polar surface area (TPSA) is 174 Å². The molecular formula is C16H22N6O2+2. The monoisotopic (exact) mass is 330 g/mol. The second-order valence-electron chi connectivity index (χ2n) is 5.11. The average molecular weight is 330 g/mol. The van der Waals surface area contributed by atoms with Crippen molar-refractivity contribution in [2.75, 3.05) is 24.7 Å². The van der Waals surface area contributed by atoms with Crippen molar-refractivity contribution in [2.24, 2.45) is 11.5 Å². The summed E-state index contributed by atoms with van der Waals surface area (Å²) < 4.78 is 11.1. The standard InChI is InChI=1S/C16H20N6O2/c17-11-7-9(15(19)20)1-3-13(11)23-5-6-24-14-4-2-10(16(21)22)8-12(14)18/h1-4,7-8H,5-6,17-18H2,(H3,19,20)(H3,21,22)/p+2. The van der Waals surface area contributed by atoms with Crippen LogP contribution in [0.1, 0.15) is 11.1 Å². The van der Waals surface area contributed by atoms with Crippen LogP contribution in [0.5, 0.6) is 11.5 Å². The fourth-order valence-electron chi connectivity index (χ4n) is 2.02. The summed E-state index contributed by atoms with van der Waals surface area (Å²) in [6.07, 6.45) is 0. The molecule has 0 aromatic heterocycles. The van der Waals surface area contributed by atoms with E-state index in [-0.39, 0.29) is 24.9 Å². The fraction of sp³-hybridized carbons (Fsp3) is 0.125. The Bertz CT molecular complexity index is 710. The predicted molar refractivity (Wildman–Crippen MR) is 93.1 cm³/mol. The first-order chi connectivity index (χ1) is 11.4. The lowest BCUT2D eigenvalue weighted by molar-refractivity contribution is -0.115. The fourth-order valence-corrected chi connectivity index (χ4v) is 2.02. The van der Waals surface area contributed by atoms with Crippen LogP contribution in [0.4, 0.5) is 11.4 Å². The SMILES string of the molecule is NC(=[NH2+])c1ccc(OCCOc2ccc(C(N)=[NH2+])cc2N)c(N)c1. The predicted octanol–water partition coefficient (Wildman–Crippen LogP) is -2.76. The lowest BCUT2D eigenvalue weighted by atomic mass is 10.2. The molecule has 0 atom stereocenters. The van der Waals surface area contributed by atoms with Crippen LogP contribution in [0.25, 0.3) is 0 Å². The van der Waals surface area contributed by atoms with E-state index >= 15 is 0 Å². The van der Waals surface area contributed by atoms with E-state index in [2.05, 4.69) is 0 Å². The summed E-state index contributed by atoms with van der Waals surface area (Å²) in [6.45, 7) is 0.579. The van der Waals surface area contributed by atoms with Gasteiger partial charge >= 0.3 is 0 Å². The van der Waals surface area contributed by atoms with Crippen molar-refractivity contribution in [1.29, 1.82) is 0 Å². The van der Waals surface area contributed by atoms with Crippen molar-refractivity contribution >= 4 is 23.0 Å². The molecule has 0 aliphatic heterocycles. The van der Waals surface area contributed by atoms with E-state index in [1.807, 2.05) is 0 Å². The number of rotatable bonds is 7. The van der Waals surface area contributed by atoms with Gasteiger partial charge in [-0.15, -0.1) is 0 Å². The van der Waals surface area contributed by atoms with Gasteiger partial charge in [-0.25, -0.2) is 0 Å². The summed E-state index contributed by atoms with van der Waals surface area (Å²) in [7, 11) is 0. The molecule has 0 heterocycles. The Morgan fingerprint density at radius 3 is 1.42 bits per heavy atom. The molecule has 24 heavy (non-hydrogen) atoms. The third kappa shape index (κ3) is 4.07. The molecule has 0 aliphatic carbocycles. The zero-order valence-corrected chi connectivity index (χ0v) is 13.2. The number of nitrogens with two attached hydrogens (primary N) is 6. The summed E-state index contributed by atoms with van der Waals surface area (Å²) in [5.74, 6) is 1.45. The van der Waals surface area contributed by atoms with Gasteiger partial charge in [-0.05, 0) is 36.4 Å². The molecule has 0 aliphatic rings. The highest BCUT2D eigenvalue weighted by Gasteiger charge is 2.08. The van der Waals surface area contributed by atoms with E-state index < -0.39 is 0 Å². The van der Waals surface area contributed by atoms with Crippen LogP contribution in [0.2, 0.25) is 0 Å². The van der Waals surface area contributed by atoms with Gasteiger partial charge < -0.3 is 20.9 Å². The number of ether oxygens (including phenoxy) is 2. The minimum atomic E-state index is 0.200. The zero-order chi connectivity index (χ0) is 17.7. The first-order valence-corrected chi connectivity index (χ1v) is 7.19. The molecule has 126 valence electrons. The van der Waals surface area contributed by atoms with Gasteiger partial charge in [-0.1, -0.05) is 0 Å². The van der Waals surface area contributed by atoms with Gasteiger partial charge in [0.1, 0.15) is 24.7 Å². The van der Waals surface area contributed by atoms with E-state index in [9.17, 15) is 0 Å². The second kappa shape index (κ2) is 7.23. The van der Waals surface area contributed by atoms with Crippen LogP contribution < -0.4 is 43.2 Å². The molecule has 0 saturated heterocycles. The largest absolute Gasteiger partial charge is 0.488 e. The molecule has 8 nitrogen and oxygen atoms in total. The molecule has 2 aromatic carbocycles. The van der Waals surface area contributed by atoms with Crippen molar-refractivity contribution in [1.82, 2.24) is 0 Å². The second-order valence-corrected chi connectivity index (χ2v) is 5.11. The third-order valence-electron chi connectivity index (χ3n) is 3.28. The molecule has 0 radical (unpaired) electrons. The number of hydrogen-bond acceptors (Lipinski definition) is 4. The van der Waals surface area contributed by atoms with Crippen molar-refractivity contribution in [3.8, 4) is 11.5 Å². The van der Waals surface area contributed by atoms with Crippen LogP contribution in [0.3, 0.4) is 0 Å². The van der Waals surface area contributed by atoms with Crippen LogP contribution in [-0.4, -0.2) is 24.9 Å². The van der Waals surface area contributed by atoms with Crippen molar-refractivity contribution in [3.63, 3.8) is 0 Å². The maximum atomic E-state index is 5.89. The Morgan fingerprint density at radius 1 is 0.750 bits per heavy atom. The quantitative estimate of drug-likeness (QED) is 0.139. The Labute approximate surface area is 139 Å². The molecule has 0 saturated carbocycles. The lowest BCUT2D eigenvalue weighted by Gasteiger charge is -2.12. The van der Waals surface area contributed by atoms with E-state index in [0.717, 1.165) is 0 Å². The van der Waals surface area contributed by atoms with Crippen LogP contribution in [-0.2, 0) is 0 Å². The summed E-state index contributed by atoms with van der Waals surface area (Å²) in [6, 6.07) is 10.2. The molecule has 2 aromatic rings. The third-order valence-corrected chi connectivity index (χ3v) is 3.28. The first kappa shape index (κ1) is 16.9. The van der Waals surface area contributed by atoms with Crippen molar-refractivity contribution < 1.29 is 20.3 Å². The number of nitrogen functional groups attached to an aromatic ring is 2. The van der Waals surface area contributed by atoms with Crippen LogP contribution in [0.15, 0.2) is 36.4 Å². The minimum absolute atomic E-state index is 0.200. The molecule has 0 spiro atoms. The molecule has 0 bridgehead atoms. The Hall–Kier alpha value is -3.42. The number of hydrogen-bond donors (Lipinski definition) is 6. The van der Waals surface area contributed by atoms with Gasteiger partial charge in [-0.3, -0.25) is 22.3 Å². The molecule has 2 rings (SSSR count).